The van der Waals surface area contributed by atoms with Crippen LogP contribution in [0.4, 0.5) is 17.3 Å². The van der Waals surface area contributed by atoms with Crippen LogP contribution < -0.4 is 15.3 Å². The largest absolute Gasteiger partial charge is 0.673 e. The van der Waals surface area contributed by atoms with Crippen LogP contribution in [0.2, 0.25) is 0 Å². The van der Waals surface area contributed by atoms with Crippen molar-refractivity contribution in [1.82, 2.24) is 15.3 Å². The van der Waals surface area contributed by atoms with Crippen molar-refractivity contribution in [2.24, 2.45) is 0 Å². The van der Waals surface area contributed by atoms with E-state index in [-0.39, 0.29) is 0 Å². The summed E-state index contributed by atoms with van der Waals surface area (Å²) in [7, 11) is -7.48. The third kappa shape index (κ3) is 20.3. The molecule has 0 amide bonds. The molecular formula is C16H39BF4N3P. The smallest absolute Gasteiger partial charge is 0.418 e. The third-order valence-electron chi connectivity index (χ3n) is 3.60. The standard InChI is InChI=1S/C16H39N3P.BF4/c1-8-11-14(4)17-20(7,18-15(5)12-9-2)19-16(6)13-10-3;2-1(3,4)5/h14-19H,8-13H2,1-7H3;/q+1;-1. The molecule has 154 valence electrons. The predicted octanol–water partition coefficient (Wildman–Crippen LogP) is 6.01. The summed E-state index contributed by atoms with van der Waals surface area (Å²) in [5, 5.41) is 11.6. The van der Waals surface area contributed by atoms with Crippen molar-refractivity contribution in [1.29, 1.82) is 0 Å². The van der Waals surface area contributed by atoms with E-state index in [9.17, 15) is 17.3 Å². The topological polar surface area (TPSA) is 36.1 Å². The monoisotopic (exact) mass is 391 g/mol. The highest BCUT2D eigenvalue weighted by Gasteiger charge is 2.36. The van der Waals surface area contributed by atoms with E-state index in [0.29, 0.717) is 18.1 Å². The zero-order valence-electron chi connectivity index (χ0n) is 17.0. The first-order valence-electron chi connectivity index (χ1n) is 9.44. The minimum Gasteiger partial charge on any atom is -0.418 e. The quantitative estimate of drug-likeness (QED) is 0.217. The van der Waals surface area contributed by atoms with Crippen LogP contribution in [-0.4, -0.2) is 32.0 Å². The first-order chi connectivity index (χ1) is 11.4. The Kier molecular flexibility index (Phi) is 15.5. The van der Waals surface area contributed by atoms with Gasteiger partial charge in [-0.2, -0.15) is 15.3 Å². The van der Waals surface area contributed by atoms with Crippen molar-refractivity contribution in [3.8, 4) is 0 Å². The average molecular weight is 391 g/mol. The third-order valence-corrected chi connectivity index (χ3v) is 6.47. The molecule has 0 rings (SSSR count). The molecule has 0 aliphatic heterocycles. The molecule has 0 heterocycles. The van der Waals surface area contributed by atoms with Gasteiger partial charge in [0.15, 0.2) is 0 Å². The minimum absolute atomic E-state index is 0.570. The molecule has 0 radical (unpaired) electrons. The van der Waals surface area contributed by atoms with E-state index in [4.69, 9.17) is 0 Å². The van der Waals surface area contributed by atoms with Gasteiger partial charge in [0, 0.05) is 18.1 Å². The lowest BCUT2D eigenvalue weighted by molar-refractivity contribution is 0.368. The van der Waals surface area contributed by atoms with Crippen LogP contribution in [0.25, 0.3) is 0 Å². The molecule has 0 fully saturated rings. The fourth-order valence-corrected chi connectivity index (χ4v) is 6.18. The summed E-state index contributed by atoms with van der Waals surface area (Å²) in [5.41, 5.74) is 0. The fourth-order valence-electron chi connectivity index (χ4n) is 2.93. The van der Waals surface area contributed by atoms with Crippen molar-refractivity contribution >= 4 is 15.0 Å². The van der Waals surface area contributed by atoms with Crippen LogP contribution in [0, 0.1) is 0 Å². The SMILES string of the molecule is CCCC(C)N[P+](C)(NC(C)CCC)NC(C)CCC.F[B-](F)(F)F. The molecule has 0 aliphatic carbocycles. The van der Waals surface area contributed by atoms with E-state index in [1.54, 1.807) is 0 Å². The molecule has 0 aromatic rings. The van der Waals surface area contributed by atoms with Gasteiger partial charge in [-0.25, -0.2) is 0 Å². The number of hydrogen-bond donors (Lipinski definition) is 3. The Morgan fingerprint density at radius 1 is 0.680 bits per heavy atom. The van der Waals surface area contributed by atoms with E-state index in [1.165, 1.54) is 38.5 Å². The van der Waals surface area contributed by atoms with Gasteiger partial charge in [0.25, 0.3) is 0 Å². The van der Waals surface area contributed by atoms with Crippen LogP contribution in [0.1, 0.15) is 80.1 Å². The van der Waals surface area contributed by atoms with Gasteiger partial charge < -0.3 is 17.3 Å². The van der Waals surface area contributed by atoms with Gasteiger partial charge in [-0.05, 0) is 40.0 Å². The maximum atomic E-state index is 9.75. The number of halogens is 4. The number of hydrogen-bond acceptors (Lipinski definition) is 3. The molecular weight excluding hydrogens is 352 g/mol. The molecule has 0 spiro atoms. The summed E-state index contributed by atoms with van der Waals surface area (Å²) in [5.74, 6) is 0. The van der Waals surface area contributed by atoms with Gasteiger partial charge >= 0.3 is 7.25 Å². The molecule has 3 N–H and O–H groups in total. The van der Waals surface area contributed by atoms with E-state index in [1.807, 2.05) is 0 Å². The van der Waals surface area contributed by atoms with Crippen LogP contribution in [0.3, 0.4) is 0 Å². The molecule has 25 heavy (non-hydrogen) atoms. The summed E-state index contributed by atoms with van der Waals surface area (Å²) in [6.07, 6.45) is 7.44. The first kappa shape index (κ1) is 27.3. The molecule has 0 bridgehead atoms. The maximum Gasteiger partial charge on any atom is 0.673 e. The highest BCUT2D eigenvalue weighted by molar-refractivity contribution is 7.69. The average Bonchev–Trinajstić information content (AvgIpc) is 2.35. The summed E-state index contributed by atoms with van der Waals surface area (Å²) in [4.78, 5) is 0. The lowest BCUT2D eigenvalue weighted by Crippen LogP contribution is -2.46. The van der Waals surface area contributed by atoms with Crippen molar-refractivity contribution in [3.05, 3.63) is 0 Å². The van der Waals surface area contributed by atoms with Gasteiger partial charge in [0.05, 0.1) is 6.66 Å². The Balaban J connectivity index is 0. The molecule has 0 aromatic carbocycles. The molecule has 0 saturated heterocycles. The zero-order chi connectivity index (χ0) is 20.1. The fraction of sp³-hybridized carbons (Fsp3) is 1.00. The van der Waals surface area contributed by atoms with Gasteiger partial charge in [-0.3, -0.25) is 0 Å². The van der Waals surface area contributed by atoms with Crippen LogP contribution in [0.5, 0.6) is 0 Å². The molecule has 3 unspecified atom stereocenters. The Bertz CT molecular complexity index is 280. The molecule has 0 aliphatic rings. The van der Waals surface area contributed by atoms with Crippen LogP contribution in [-0.2, 0) is 0 Å². The zero-order valence-corrected chi connectivity index (χ0v) is 17.9. The summed E-state index contributed by atoms with van der Waals surface area (Å²) in [6.45, 7) is 16.1. The molecule has 3 nitrogen and oxygen atoms in total. The first-order valence-corrected chi connectivity index (χ1v) is 11.7. The minimum atomic E-state index is -6.00. The lowest BCUT2D eigenvalue weighted by atomic mass is 10.2. The molecule has 0 saturated carbocycles. The molecule has 9 heteroatoms. The predicted molar refractivity (Wildman–Crippen MR) is 106 cm³/mol. The number of rotatable bonds is 12. The summed E-state index contributed by atoms with van der Waals surface area (Å²) in [6, 6.07) is 1.71. The van der Waals surface area contributed by atoms with Crippen molar-refractivity contribution in [2.45, 2.75) is 98.2 Å². The highest BCUT2D eigenvalue weighted by atomic mass is 31.2. The van der Waals surface area contributed by atoms with Gasteiger partial charge in [0.2, 0.25) is 7.71 Å². The number of nitrogens with one attached hydrogen (secondary N) is 3. The van der Waals surface area contributed by atoms with Crippen LogP contribution >= 0.6 is 7.71 Å². The van der Waals surface area contributed by atoms with E-state index >= 15 is 0 Å². The van der Waals surface area contributed by atoms with Crippen LogP contribution in [0.15, 0.2) is 0 Å². The maximum absolute atomic E-state index is 9.75. The van der Waals surface area contributed by atoms with Crippen molar-refractivity contribution < 1.29 is 17.3 Å². The summed E-state index contributed by atoms with van der Waals surface area (Å²) >= 11 is 0. The summed E-state index contributed by atoms with van der Waals surface area (Å²) < 4.78 is 39.0. The van der Waals surface area contributed by atoms with Crippen molar-refractivity contribution in [2.75, 3.05) is 6.66 Å². The Labute approximate surface area is 153 Å². The van der Waals surface area contributed by atoms with E-state index in [2.05, 4.69) is 63.5 Å². The van der Waals surface area contributed by atoms with Gasteiger partial charge in [0.1, 0.15) is 0 Å². The van der Waals surface area contributed by atoms with Gasteiger partial charge in [-0.15, -0.1) is 0 Å². The highest BCUT2D eigenvalue weighted by Crippen LogP contribution is 2.44. The van der Waals surface area contributed by atoms with Crippen molar-refractivity contribution in [3.63, 3.8) is 0 Å². The second kappa shape index (κ2) is 14.2. The molecule has 3 atom stereocenters. The van der Waals surface area contributed by atoms with E-state index < -0.39 is 15.0 Å². The lowest BCUT2D eigenvalue weighted by Gasteiger charge is -2.32. The Morgan fingerprint density at radius 2 is 0.880 bits per heavy atom. The Hall–Kier alpha value is 0.0949. The second-order valence-electron chi connectivity index (χ2n) is 6.96. The Morgan fingerprint density at radius 3 is 1.04 bits per heavy atom. The van der Waals surface area contributed by atoms with Gasteiger partial charge in [-0.1, -0.05) is 40.0 Å². The normalized spacial score (nSPS) is 17.9. The molecule has 0 aromatic heterocycles. The van der Waals surface area contributed by atoms with E-state index in [0.717, 1.165) is 0 Å². The second-order valence-corrected chi connectivity index (χ2v) is 9.74.